The second kappa shape index (κ2) is 7.55. The lowest BCUT2D eigenvalue weighted by molar-refractivity contribution is 0.0581. The zero-order valence-electron chi connectivity index (χ0n) is 17.0. The molecule has 1 amide bonds. The van der Waals surface area contributed by atoms with Gasteiger partial charge >= 0.3 is 0 Å². The molecule has 3 fully saturated rings. The quantitative estimate of drug-likeness (QED) is 0.824. The van der Waals surface area contributed by atoms with Gasteiger partial charge in [0.1, 0.15) is 5.56 Å². The van der Waals surface area contributed by atoms with Crippen LogP contribution in [0, 0.1) is 19.8 Å². The van der Waals surface area contributed by atoms with Crippen LogP contribution in [0.15, 0.2) is 41.2 Å². The van der Waals surface area contributed by atoms with Crippen molar-refractivity contribution in [2.24, 2.45) is 13.0 Å². The lowest BCUT2D eigenvalue weighted by Crippen LogP contribution is -2.49. The highest BCUT2D eigenvalue weighted by molar-refractivity contribution is 5.95. The van der Waals surface area contributed by atoms with Crippen molar-refractivity contribution in [2.45, 2.75) is 39.3 Å². The molecule has 5 heteroatoms. The van der Waals surface area contributed by atoms with E-state index in [1.165, 1.54) is 5.56 Å². The van der Waals surface area contributed by atoms with E-state index >= 15 is 0 Å². The van der Waals surface area contributed by atoms with Crippen molar-refractivity contribution >= 4 is 5.91 Å². The summed E-state index contributed by atoms with van der Waals surface area (Å²) in [5.41, 5.74) is 3.14. The lowest BCUT2D eigenvalue weighted by atomic mass is 9.94. The number of piperidine rings is 1. The van der Waals surface area contributed by atoms with E-state index in [4.69, 9.17) is 0 Å². The van der Waals surface area contributed by atoms with E-state index in [1.54, 1.807) is 11.6 Å². The van der Waals surface area contributed by atoms with Crippen LogP contribution in [0.1, 0.15) is 40.0 Å². The number of aromatic nitrogens is 1. The number of nitrogens with zero attached hydrogens (tertiary/aromatic N) is 3. The maximum atomic E-state index is 13.4. The van der Waals surface area contributed by atoms with E-state index in [1.807, 2.05) is 30.9 Å². The number of pyridine rings is 1. The number of benzene rings is 1. The number of carbonyl (C=O) groups excluding carboxylic acids is 1. The lowest BCUT2D eigenvalue weighted by Gasteiger charge is -2.36. The van der Waals surface area contributed by atoms with Gasteiger partial charge in [-0.1, -0.05) is 30.3 Å². The number of amides is 1. The Morgan fingerprint density at radius 2 is 1.82 bits per heavy atom. The van der Waals surface area contributed by atoms with Gasteiger partial charge in [0.25, 0.3) is 11.5 Å². The Morgan fingerprint density at radius 1 is 1.07 bits per heavy atom. The molecular formula is C23H29N3O2. The fourth-order valence-corrected chi connectivity index (χ4v) is 4.78. The van der Waals surface area contributed by atoms with Gasteiger partial charge in [-0.2, -0.15) is 0 Å². The van der Waals surface area contributed by atoms with E-state index in [0.29, 0.717) is 11.5 Å². The van der Waals surface area contributed by atoms with Crippen molar-refractivity contribution in [1.82, 2.24) is 14.4 Å². The number of carbonyl (C=O) groups is 1. The number of hydrogen-bond donors (Lipinski definition) is 0. The summed E-state index contributed by atoms with van der Waals surface area (Å²) >= 11 is 0. The Balaban J connectivity index is 1.58. The summed E-state index contributed by atoms with van der Waals surface area (Å²) in [5, 5.41) is 0. The van der Waals surface area contributed by atoms with E-state index in [-0.39, 0.29) is 17.5 Å². The molecule has 0 aliphatic carbocycles. The highest BCUT2D eigenvalue weighted by Gasteiger charge is 2.38. The summed E-state index contributed by atoms with van der Waals surface area (Å²) in [6.07, 6.45) is 2.18. The molecule has 0 N–H and O–H groups in total. The molecule has 0 radical (unpaired) electrons. The fraction of sp³-hybridized carbons (Fsp3) is 0.478. The zero-order valence-corrected chi connectivity index (χ0v) is 17.0. The third-order valence-corrected chi connectivity index (χ3v) is 6.38. The van der Waals surface area contributed by atoms with Crippen LogP contribution >= 0.6 is 0 Å². The second-order valence-corrected chi connectivity index (χ2v) is 8.44. The van der Waals surface area contributed by atoms with Crippen LogP contribution in [-0.4, -0.2) is 46.0 Å². The monoisotopic (exact) mass is 379 g/mol. The van der Waals surface area contributed by atoms with Crippen molar-refractivity contribution in [1.29, 1.82) is 0 Å². The van der Waals surface area contributed by atoms with Gasteiger partial charge in [-0.15, -0.1) is 0 Å². The van der Waals surface area contributed by atoms with Gasteiger partial charge in [-0.3, -0.25) is 14.5 Å². The molecule has 5 nitrogen and oxygen atoms in total. The first-order chi connectivity index (χ1) is 13.4. The molecule has 2 atom stereocenters. The first-order valence-electron chi connectivity index (χ1n) is 10.2. The molecule has 2 bridgehead atoms. The summed E-state index contributed by atoms with van der Waals surface area (Å²) in [6, 6.07) is 12.6. The predicted molar refractivity (Wildman–Crippen MR) is 110 cm³/mol. The molecule has 5 rings (SSSR count). The van der Waals surface area contributed by atoms with Crippen LogP contribution in [0.4, 0.5) is 0 Å². The van der Waals surface area contributed by atoms with Crippen LogP contribution in [0.2, 0.25) is 0 Å². The molecule has 4 heterocycles. The molecule has 28 heavy (non-hydrogen) atoms. The van der Waals surface area contributed by atoms with Crippen LogP contribution in [0.25, 0.3) is 0 Å². The van der Waals surface area contributed by atoms with Crippen molar-refractivity contribution in [2.75, 3.05) is 19.6 Å². The summed E-state index contributed by atoms with van der Waals surface area (Å²) < 4.78 is 1.58. The zero-order chi connectivity index (χ0) is 19.8. The number of rotatable bonds is 3. The van der Waals surface area contributed by atoms with E-state index < -0.39 is 0 Å². The maximum absolute atomic E-state index is 13.4. The maximum Gasteiger partial charge on any atom is 0.263 e. The minimum absolute atomic E-state index is 0.0886. The van der Waals surface area contributed by atoms with Crippen molar-refractivity contribution in [3.05, 3.63) is 69.1 Å². The number of fused-ring (bicyclic) bond motifs is 4. The average Bonchev–Trinajstić information content (AvgIpc) is 2.97. The molecular weight excluding hydrogens is 350 g/mol. The Morgan fingerprint density at radius 3 is 2.57 bits per heavy atom. The average molecular weight is 380 g/mol. The SMILES string of the molecule is Cc1cc(C)n(C)c(=O)c1C(=O)N1C[C@H]2CC[C@@H]1CN(Cc1ccccc1)C2. The highest BCUT2D eigenvalue weighted by atomic mass is 16.2. The molecule has 3 aliphatic rings. The van der Waals surface area contributed by atoms with E-state index in [0.717, 1.165) is 50.3 Å². The molecule has 148 valence electrons. The van der Waals surface area contributed by atoms with Crippen molar-refractivity contribution < 1.29 is 4.79 Å². The minimum atomic E-state index is -0.177. The van der Waals surface area contributed by atoms with Gasteiger partial charge in [0, 0.05) is 45.0 Å². The molecule has 2 aromatic rings. The fourth-order valence-electron chi connectivity index (χ4n) is 4.78. The summed E-state index contributed by atoms with van der Waals surface area (Å²) in [7, 11) is 1.74. The van der Waals surface area contributed by atoms with E-state index in [9.17, 15) is 9.59 Å². The van der Waals surface area contributed by atoms with Gasteiger partial charge in [-0.05, 0) is 49.8 Å². The molecule has 3 aliphatic heterocycles. The van der Waals surface area contributed by atoms with Gasteiger partial charge in [0.05, 0.1) is 0 Å². The molecule has 0 spiro atoms. The smallest absolute Gasteiger partial charge is 0.263 e. The van der Waals surface area contributed by atoms with Gasteiger partial charge in [0.15, 0.2) is 0 Å². The topological polar surface area (TPSA) is 45.6 Å². The molecule has 0 unspecified atom stereocenters. The van der Waals surface area contributed by atoms with Crippen LogP contribution in [0.5, 0.6) is 0 Å². The molecule has 1 aromatic carbocycles. The van der Waals surface area contributed by atoms with Gasteiger partial charge < -0.3 is 9.47 Å². The largest absolute Gasteiger partial charge is 0.334 e. The third kappa shape index (κ3) is 3.51. The van der Waals surface area contributed by atoms with Gasteiger partial charge in [0.2, 0.25) is 0 Å². The standard InChI is InChI=1S/C23H29N3O2/c1-16-11-17(2)24(3)22(27)21(16)23(28)26-14-19-9-10-20(26)15-25(13-19)12-18-7-5-4-6-8-18/h4-8,11,19-20H,9-10,12-15H2,1-3H3/t19-,20+/m0/s1. The normalized spacial score (nSPS) is 22.3. The Hall–Kier alpha value is -2.40. The first kappa shape index (κ1) is 18.9. The summed E-state index contributed by atoms with van der Waals surface area (Å²) in [4.78, 5) is 30.7. The van der Waals surface area contributed by atoms with Crippen LogP contribution in [-0.2, 0) is 13.6 Å². The van der Waals surface area contributed by atoms with Crippen LogP contribution in [0.3, 0.4) is 0 Å². The highest BCUT2D eigenvalue weighted by Crippen LogP contribution is 2.30. The number of hydrogen-bond acceptors (Lipinski definition) is 3. The number of aryl methyl sites for hydroxylation is 2. The summed E-state index contributed by atoms with van der Waals surface area (Å²) in [5.74, 6) is 0.385. The summed E-state index contributed by atoms with van der Waals surface area (Å²) in [6.45, 7) is 7.34. The first-order valence-corrected chi connectivity index (χ1v) is 10.2. The Bertz CT molecular complexity index is 935. The van der Waals surface area contributed by atoms with Crippen LogP contribution < -0.4 is 5.56 Å². The minimum Gasteiger partial charge on any atom is -0.334 e. The van der Waals surface area contributed by atoms with E-state index in [2.05, 4.69) is 29.2 Å². The predicted octanol–water partition coefficient (Wildman–Crippen LogP) is 2.74. The molecule has 3 saturated heterocycles. The molecule has 1 aromatic heterocycles. The molecule has 0 saturated carbocycles. The Kier molecular flexibility index (Phi) is 5.11. The van der Waals surface area contributed by atoms with Gasteiger partial charge in [-0.25, -0.2) is 0 Å². The third-order valence-electron chi connectivity index (χ3n) is 6.38. The van der Waals surface area contributed by atoms with Crippen molar-refractivity contribution in [3.8, 4) is 0 Å². The van der Waals surface area contributed by atoms with Crippen molar-refractivity contribution in [3.63, 3.8) is 0 Å². The Labute approximate surface area is 166 Å². The second-order valence-electron chi connectivity index (χ2n) is 8.44.